The fraction of sp³-hybridized carbons (Fsp3) is 0.273. The van der Waals surface area contributed by atoms with Crippen LogP contribution in [0.2, 0.25) is 0 Å². The van der Waals surface area contributed by atoms with Gasteiger partial charge in [0.1, 0.15) is 0 Å². The highest BCUT2D eigenvalue weighted by Gasteiger charge is 2.14. The summed E-state index contributed by atoms with van der Waals surface area (Å²) in [6.45, 7) is 1.82. The number of ketones is 1. The second-order valence-electron chi connectivity index (χ2n) is 3.08. The molecule has 0 heterocycles. The van der Waals surface area contributed by atoms with Crippen molar-refractivity contribution in [2.75, 3.05) is 0 Å². The van der Waals surface area contributed by atoms with Gasteiger partial charge in [0.2, 0.25) is 0 Å². The molecule has 0 aliphatic heterocycles. The third-order valence-electron chi connectivity index (χ3n) is 2.08. The van der Waals surface area contributed by atoms with E-state index in [9.17, 15) is 4.79 Å². The average Bonchev–Trinajstić information content (AvgIpc) is 2.17. The summed E-state index contributed by atoms with van der Waals surface area (Å²) in [5, 5.41) is 8.41. The Morgan fingerprint density at radius 3 is 2.93 bits per heavy atom. The maximum Gasteiger partial charge on any atom is 0.154 e. The van der Waals surface area contributed by atoms with Gasteiger partial charge in [0.15, 0.2) is 5.78 Å². The molecule has 1 aromatic rings. The third kappa shape index (κ3) is 2.68. The third-order valence-corrected chi connectivity index (χ3v) is 2.58. The van der Waals surface area contributed by atoms with Crippen LogP contribution in [-0.4, -0.2) is 5.78 Å². The summed E-state index contributed by atoms with van der Waals surface area (Å²) in [7, 11) is 0. The number of Topliss-reactive ketones (excluding diaryl/α,β-unsaturated/α-hetero) is 1. The van der Waals surface area contributed by atoms with Crippen LogP contribution >= 0.6 is 15.9 Å². The number of nitriles is 1. The molecule has 1 atom stereocenters. The standard InChI is InChI=1S/C11H10BrNO/c1-8(11(14)5-6-13)9-3-2-4-10(12)7-9/h2-4,7-8H,5H2,1H3. The summed E-state index contributed by atoms with van der Waals surface area (Å²) in [6, 6.07) is 9.46. The molecule has 0 bridgehead atoms. The molecule has 72 valence electrons. The molecule has 1 unspecified atom stereocenters. The van der Waals surface area contributed by atoms with Gasteiger partial charge in [-0.1, -0.05) is 35.0 Å². The zero-order valence-electron chi connectivity index (χ0n) is 7.83. The Bertz CT molecular complexity index is 381. The molecule has 0 amide bonds. The summed E-state index contributed by atoms with van der Waals surface area (Å²) < 4.78 is 0.951. The first-order chi connectivity index (χ1) is 6.65. The van der Waals surface area contributed by atoms with Crippen molar-refractivity contribution in [3.63, 3.8) is 0 Å². The number of rotatable bonds is 3. The van der Waals surface area contributed by atoms with Crippen LogP contribution in [0, 0.1) is 11.3 Å². The lowest BCUT2D eigenvalue weighted by Gasteiger charge is -2.08. The van der Waals surface area contributed by atoms with Crippen LogP contribution < -0.4 is 0 Å². The molecule has 0 saturated heterocycles. The van der Waals surface area contributed by atoms with Crippen LogP contribution in [0.5, 0.6) is 0 Å². The van der Waals surface area contributed by atoms with Crippen molar-refractivity contribution in [2.45, 2.75) is 19.3 Å². The number of halogens is 1. The first-order valence-corrected chi connectivity index (χ1v) is 5.09. The summed E-state index contributed by atoms with van der Waals surface area (Å²) in [6.07, 6.45) is -0.0202. The van der Waals surface area contributed by atoms with E-state index < -0.39 is 0 Å². The van der Waals surface area contributed by atoms with E-state index in [0.29, 0.717) is 0 Å². The van der Waals surface area contributed by atoms with Crippen molar-refractivity contribution in [3.8, 4) is 6.07 Å². The predicted molar refractivity (Wildman–Crippen MR) is 57.8 cm³/mol. The normalized spacial score (nSPS) is 11.8. The molecular weight excluding hydrogens is 242 g/mol. The SMILES string of the molecule is CC(C(=O)CC#N)c1cccc(Br)c1. The average molecular weight is 252 g/mol. The lowest BCUT2D eigenvalue weighted by Crippen LogP contribution is -2.07. The molecule has 0 aliphatic rings. The highest BCUT2D eigenvalue weighted by molar-refractivity contribution is 9.10. The van der Waals surface area contributed by atoms with E-state index in [2.05, 4.69) is 15.9 Å². The first-order valence-electron chi connectivity index (χ1n) is 4.30. The zero-order chi connectivity index (χ0) is 10.6. The Kier molecular flexibility index (Phi) is 3.84. The van der Waals surface area contributed by atoms with Gasteiger partial charge in [0.25, 0.3) is 0 Å². The van der Waals surface area contributed by atoms with Crippen LogP contribution in [0.15, 0.2) is 28.7 Å². The van der Waals surface area contributed by atoms with E-state index in [1.54, 1.807) is 0 Å². The molecule has 0 N–H and O–H groups in total. The summed E-state index contributed by atoms with van der Waals surface area (Å²) in [5.41, 5.74) is 0.944. The number of carbonyl (C=O) groups excluding carboxylic acids is 1. The highest BCUT2D eigenvalue weighted by atomic mass is 79.9. The topological polar surface area (TPSA) is 40.9 Å². The summed E-state index contributed by atoms with van der Waals surface area (Å²) >= 11 is 3.34. The molecule has 2 nitrogen and oxygen atoms in total. The van der Waals surface area contributed by atoms with E-state index in [-0.39, 0.29) is 18.1 Å². The van der Waals surface area contributed by atoms with Crippen LogP contribution in [0.3, 0.4) is 0 Å². The van der Waals surface area contributed by atoms with Crippen molar-refractivity contribution < 1.29 is 4.79 Å². The van der Waals surface area contributed by atoms with Crippen LogP contribution in [-0.2, 0) is 4.79 Å². The Labute approximate surface area is 91.7 Å². The molecule has 1 aromatic carbocycles. The minimum atomic E-state index is -0.202. The minimum Gasteiger partial charge on any atom is -0.298 e. The van der Waals surface area contributed by atoms with Gasteiger partial charge >= 0.3 is 0 Å². The molecule has 0 aliphatic carbocycles. The van der Waals surface area contributed by atoms with Crippen molar-refractivity contribution in [1.29, 1.82) is 5.26 Å². The molecule has 0 saturated carbocycles. The van der Waals surface area contributed by atoms with E-state index in [4.69, 9.17) is 5.26 Å². The molecule has 0 fully saturated rings. The monoisotopic (exact) mass is 251 g/mol. The zero-order valence-corrected chi connectivity index (χ0v) is 9.41. The minimum absolute atomic E-state index is 0.0202. The summed E-state index contributed by atoms with van der Waals surface area (Å²) in [4.78, 5) is 11.4. The van der Waals surface area contributed by atoms with Crippen molar-refractivity contribution in [1.82, 2.24) is 0 Å². The van der Waals surface area contributed by atoms with Gasteiger partial charge < -0.3 is 0 Å². The maximum absolute atomic E-state index is 11.4. The lowest BCUT2D eigenvalue weighted by molar-refractivity contribution is -0.119. The van der Waals surface area contributed by atoms with Crippen molar-refractivity contribution in [2.24, 2.45) is 0 Å². The highest BCUT2D eigenvalue weighted by Crippen LogP contribution is 2.21. The molecule has 0 spiro atoms. The van der Waals surface area contributed by atoms with Crippen molar-refractivity contribution >= 4 is 21.7 Å². The number of hydrogen-bond donors (Lipinski definition) is 0. The molecule has 0 radical (unpaired) electrons. The maximum atomic E-state index is 11.4. The molecule has 0 aromatic heterocycles. The van der Waals surface area contributed by atoms with Gasteiger partial charge in [-0.3, -0.25) is 4.79 Å². The first kappa shape index (κ1) is 10.9. The Hall–Kier alpha value is -1.14. The van der Waals surface area contributed by atoms with Gasteiger partial charge in [0.05, 0.1) is 12.5 Å². The van der Waals surface area contributed by atoms with E-state index in [1.165, 1.54) is 0 Å². The van der Waals surface area contributed by atoms with Gasteiger partial charge in [-0.25, -0.2) is 0 Å². The molecule has 3 heteroatoms. The van der Waals surface area contributed by atoms with Gasteiger partial charge in [-0.05, 0) is 17.7 Å². The number of benzene rings is 1. The largest absolute Gasteiger partial charge is 0.298 e. The lowest BCUT2D eigenvalue weighted by atomic mass is 9.95. The fourth-order valence-corrected chi connectivity index (χ4v) is 1.61. The molecule has 14 heavy (non-hydrogen) atoms. The predicted octanol–water partition coefficient (Wildman–Crippen LogP) is 3.04. The van der Waals surface area contributed by atoms with Crippen LogP contribution in [0.25, 0.3) is 0 Å². The second-order valence-corrected chi connectivity index (χ2v) is 3.99. The molecule has 1 rings (SSSR count). The van der Waals surface area contributed by atoms with Gasteiger partial charge in [0, 0.05) is 10.4 Å². The van der Waals surface area contributed by atoms with Gasteiger partial charge in [-0.15, -0.1) is 0 Å². The molecular formula is C11H10BrNO. The quantitative estimate of drug-likeness (QED) is 0.829. The van der Waals surface area contributed by atoms with Crippen LogP contribution in [0.1, 0.15) is 24.8 Å². The Morgan fingerprint density at radius 1 is 1.64 bits per heavy atom. The van der Waals surface area contributed by atoms with Crippen molar-refractivity contribution in [3.05, 3.63) is 34.3 Å². The van der Waals surface area contributed by atoms with Crippen LogP contribution in [0.4, 0.5) is 0 Å². The number of carbonyl (C=O) groups is 1. The Balaban J connectivity index is 2.85. The van der Waals surface area contributed by atoms with E-state index in [1.807, 2.05) is 37.3 Å². The van der Waals surface area contributed by atoms with E-state index in [0.717, 1.165) is 10.0 Å². The number of hydrogen-bond acceptors (Lipinski definition) is 2. The number of nitrogens with zero attached hydrogens (tertiary/aromatic N) is 1. The fourth-order valence-electron chi connectivity index (χ4n) is 1.19. The summed E-state index contributed by atoms with van der Waals surface area (Å²) in [5.74, 6) is -0.238. The smallest absolute Gasteiger partial charge is 0.154 e. The van der Waals surface area contributed by atoms with Gasteiger partial charge in [-0.2, -0.15) is 5.26 Å². The Morgan fingerprint density at radius 2 is 2.36 bits per heavy atom. The van der Waals surface area contributed by atoms with E-state index >= 15 is 0 Å². The second kappa shape index (κ2) is 4.92.